The summed E-state index contributed by atoms with van der Waals surface area (Å²) in [6, 6.07) is 4.24. The maximum atomic E-state index is 11.3. The molecule has 7 nitrogen and oxygen atoms in total. The van der Waals surface area contributed by atoms with E-state index in [1.165, 1.54) is 24.4 Å². The molecule has 0 bridgehead atoms. The summed E-state index contributed by atoms with van der Waals surface area (Å²) in [6.07, 6.45) is 1.34. The lowest BCUT2D eigenvalue weighted by Gasteiger charge is -1.97. The first-order chi connectivity index (χ1) is 8.16. The molecule has 1 aromatic carbocycles. The van der Waals surface area contributed by atoms with E-state index >= 15 is 0 Å². The Bertz CT molecular complexity index is 802. The fraction of sp³-hybridized carbons (Fsp3) is 0. The molecule has 0 atom stereocenters. The number of aromatic amines is 1. The van der Waals surface area contributed by atoms with E-state index in [1.54, 1.807) is 0 Å². The van der Waals surface area contributed by atoms with Gasteiger partial charge in [0.05, 0.1) is 16.0 Å². The van der Waals surface area contributed by atoms with E-state index in [9.17, 15) is 14.9 Å². The van der Waals surface area contributed by atoms with Gasteiger partial charge in [0.15, 0.2) is 0 Å². The number of fused-ring (bicyclic) bond motifs is 3. The van der Waals surface area contributed by atoms with Crippen molar-refractivity contribution in [3.63, 3.8) is 0 Å². The summed E-state index contributed by atoms with van der Waals surface area (Å²) in [4.78, 5) is 25.4. The molecule has 0 aliphatic heterocycles. The van der Waals surface area contributed by atoms with Crippen LogP contribution < -0.4 is 5.63 Å². The molecule has 0 fully saturated rings. The minimum Gasteiger partial charge on any atom is -0.338 e. The van der Waals surface area contributed by atoms with E-state index in [4.69, 9.17) is 0 Å². The lowest BCUT2D eigenvalue weighted by atomic mass is 10.1. The largest absolute Gasteiger partial charge is 0.366 e. The number of nitro benzene ring substituents is 1. The highest BCUT2D eigenvalue weighted by Gasteiger charge is 2.11. The van der Waals surface area contributed by atoms with Crippen LogP contribution in [0.3, 0.4) is 0 Å². The van der Waals surface area contributed by atoms with Gasteiger partial charge in [-0.1, -0.05) is 0 Å². The molecular weight excluding hydrogens is 226 g/mol. The monoisotopic (exact) mass is 231 g/mol. The average molecular weight is 231 g/mol. The van der Waals surface area contributed by atoms with Gasteiger partial charge in [-0.05, 0) is 6.07 Å². The Balaban J connectivity index is 2.45. The number of H-pyrrole nitrogens is 1. The molecule has 0 amide bonds. The van der Waals surface area contributed by atoms with E-state index in [0.29, 0.717) is 21.8 Å². The number of nitrogens with one attached hydrogen (secondary N) is 1. The number of hydrogen-bond acceptors (Lipinski definition) is 5. The normalized spacial score (nSPS) is 11.1. The van der Waals surface area contributed by atoms with Crippen molar-refractivity contribution in [1.82, 2.24) is 10.1 Å². The van der Waals surface area contributed by atoms with Crippen LogP contribution in [0.15, 0.2) is 33.7 Å². The second kappa shape index (κ2) is 3.14. The Morgan fingerprint density at radius 2 is 2.18 bits per heavy atom. The zero-order valence-electron chi connectivity index (χ0n) is 8.34. The highest BCUT2D eigenvalue weighted by Crippen LogP contribution is 2.23. The molecule has 84 valence electrons. The van der Waals surface area contributed by atoms with Gasteiger partial charge < -0.3 is 4.52 Å². The molecule has 0 saturated carbocycles. The quantitative estimate of drug-likeness (QED) is 0.505. The van der Waals surface area contributed by atoms with E-state index < -0.39 is 10.5 Å². The molecule has 0 saturated heterocycles. The maximum absolute atomic E-state index is 11.3. The SMILES string of the molecule is O=c1o[nH]c2c1cnc1cc([N+](=O)[O-])ccc12. The Morgan fingerprint density at radius 3 is 2.94 bits per heavy atom. The summed E-state index contributed by atoms with van der Waals surface area (Å²) < 4.78 is 4.65. The van der Waals surface area contributed by atoms with Crippen molar-refractivity contribution in [2.24, 2.45) is 0 Å². The van der Waals surface area contributed by atoms with Gasteiger partial charge in [-0.25, -0.2) is 9.95 Å². The third-order valence-corrected chi connectivity index (χ3v) is 2.53. The number of hydrogen-bond donors (Lipinski definition) is 1. The first-order valence-electron chi connectivity index (χ1n) is 4.71. The van der Waals surface area contributed by atoms with Crippen LogP contribution >= 0.6 is 0 Å². The van der Waals surface area contributed by atoms with Gasteiger partial charge in [0.25, 0.3) is 5.69 Å². The van der Waals surface area contributed by atoms with E-state index in [2.05, 4.69) is 14.7 Å². The van der Waals surface area contributed by atoms with Crippen molar-refractivity contribution in [2.45, 2.75) is 0 Å². The van der Waals surface area contributed by atoms with Gasteiger partial charge in [0, 0.05) is 23.7 Å². The molecule has 0 unspecified atom stereocenters. The highest BCUT2D eigenvalue weighted by atomic mass is 16.6. The molecule has 0 aliphatic rings. The zero-order valence-corrected chi connectivity index (χ0v) is 8.34. The topological polar surface area (TPSA) is 102 Å². The van der Waals surface area contributed by atoms with E-state index in [0.717, 1.165) is 0 Å². The van der Waals surface area contributed by atoms with Crippen molar-refractivity contribution in [2.75, 3.05) is 0 Å². The third kappa shape index (κ3) is 1.29. The van der Waals surface area contributed by atoms with Crippen molar-refractivity contribution < 1.29 is 9.45 Å². The van der Waals surface area contributed by atoms with Crippen molar-refractivity contribution in [3.05, 3.63) is 44.9 Å². The standard InChI is InChI=1S/C10H5N3O4/c14-10-7-4-11-8-3-5(13(15)16)1-2-6(8)9(7)12-17-10/h1-4,12H. The molecule has 2 aromatic heterocycles. The van der Waals surface area contributed by atoms with Crippen LogP contribution in [0.4, 0.5) is 5.69 Å². The molecule has 0 radical (unpaired) electrons. The second-order valence-corrected chi connectivity index (χ2v) is 3.50. The van der Waals surface area contributed by atoms with Gasteiger partial charge in [-0.15, -0.1) is 0 Å². The van der Waals surface area contributed by atoms with Gasteiger partial charge in [-0.2, -0.15) is 0 Å². The molecule has 2 heterocycles. The maximum Gasteiger partial charge on any atom is 0.366 e. The second-order valence-electron chi connectivity index (χ2n) is 3.50. The molecule has 3 rings (SSSR count). The first-order valence-corrected chi connectivity index (χ1v) is 4.71. The summed E-state index contributed by atoms with van der Waals surface area (Å²) in [5.41, 5.74) is 0.376. The fourth-order valence-electron chi connectivity index (χ4n) is 1.71. The fourth-order valence-corrected chi connectivity index (χ4v) is 1.71. The smallest absolute Gasteiger partial charge is 0.338 e. The zero-order chi connectivity index (χ0) is 12.0. The van der Waals surface area contributed by atoms with Crippen LogP contribution in [0.2, 0.25) is 0 Å². The summed E-state index contributed by atoms with van der Waals surface area (Å²) in [5, 5.41) is 14.0. The molecule has 0 aliphatic carbocycles. The summed E-state index contributed by atoms with van der Waals surface area (Å²) >= 11 is 0. The Hall–Kier alpha value is -2.70. The van der Waals surface area contributed by atoms with Crippen LogP contribution in [0, 0.1) is 10.1 Å². The number of nitro groups is 1. The van der Waals surface area contributed by atoms with Crippen molar-refractivity contribution >= 4 is 27.5 Å². The summed E-state index contributed by atoms with van der Waals surface area (Å²) in [7, 11) is 0. The van der Waals surface area contributed by atoms with Crippen molar-refractivity contribution in [3.8, 4) is 0 Å². The van der Waals surface area contributed by atoms with Crippen molar-refractivity contribution in [1.29, 1.82) is 0 Å². The molecule has 17 heavy (non-hydrogen) atoms. The predicted molar refractivity (Wildman–Crippen MR) is 58.8 cm³/mol. The van der Waals surface area contributed by atoms with Gasteiger partial charge in [-0.3, -0.25) is 15.1 Å². The van der Waals surface area contributed by atoms with Gasteiger partial charge in [0.2, 0.25) is 0 Å². The Kier molecular flexibility index (Phi) is 1.76. The molecule has 7 heteroatoms. The minimum atomic E-state index is -0.507. The number of aromatic nitrogens is 2. The lowest BCUT2D eigenvalue weighted by Crippen LogP contribution is -1.92. The number of non-ortho nitro benzene ring substituents is 1. The van der Waals surface area contributed by atoms with Gasteiger partial charge in [0.1, 0.15) is 5.39 Å². The Labute approximate surface area is 92.8 Å². The van der Waals surface area contributed by atoms with Crippen LogP contribution in [0.25, 0.3) is 21.8 Å². The van der Waals surface area contributed by atoms with Crippen LogP contribution in [-0.2, 0) is 0 Å². The first kappa shape index (κ1) is 9.52. The molecular formula is C10H5N3O4. The molecule has 0 spiro atoms. The number of benzene rings is 1. The van der Waals surface area contributed by atoms with E-state index in [-0.39, 0.29) is 5.69 Å². The van der Waals surface area contributed by atoms with Gasteiger partial charge >= 0.3 is 5.63 Å². The molecule has 3 aromatic rings. The lowest BCUT2D eigenvalue weighted by molar-refractivity contribution is -0.384. The van der Waals surface area contributed by atoms with Crippen LogP contribution in [0.5, 0.6) is 0 Å². The van der Waals surface area contributed by atoms with Crippen LogP contribution in [0.1, 0.15) is 0 Å². The van der Waals surface area contributed by atoms with Crippen LogP contribution in [-0.4, -0.2) is 15.1 Å². The minimum absolute atomic E-state index is 0.0461. The number of rotatable bonds is 1. The average Bonchev–Trinajstić information content (AvgIpc) is 2.70. The highest BCUT2D eigenvalue weighted by molar-refractivity contribution is 6.02. The Morgan fingerprint density at radius 1 is 1.35 bits per heavy atom. The number of nitrogens with zero attached hydrogens (tertiary/aromatic N) is 2. The summed E-state index contributed by atoms with van der Waals surface area (Å²) in [6.45, 7) is 0. The number of pyridine rings is 1. The molecule has 1 N–H and O–H groups in total. The van der Waals surface area contributed by atoms with E-state index in [1.807, 2.05) is 0 Å². The predicted octanol–water partition coefficient (Wildman–Crippen LogP) is 1.58. The summed E-state index contributed by atoms with van der Waals surface area (Å²) in [5.74, 6) is 0. The third-order valence-electron chi connectivity index (χ3n) is 2.53.